The standard InChI is InChI=1S/C19H23N5O/c25-19(18-13-17(21-22-18)15-5-4-8-20-14-15)24-11-9-23(10-12-24)16-6-2-1-3-7-16/h1-8,14,17-18,21-22H,9-13H2. The normalized spacial score (nSPS) is 23.7. The van der Waals surface area contributed by atoms with Crippen molar-refractivity contribution in [1.82, 2.24) is 20.7 Å². The molecule has 0 aliphatic carbocycles. The van der Waals surface area contributed by atoms with Crippen molar-refractivity contribution in [3.63, 3.8) is 0 Å². The lowest BCUT2D eigenvalue weighted by Gasteiger charge is -2.37. The van der Waals surface area contributed by atoms with E-state index >= 15 is 0 Å². The number of piperazine rings is 1. The van der Waals surface area contributed by atoms with Crippen molar-refractivity contribution in [2.24, 2.45) is 0 Å². The van der Waals surface area contributed by atoms with E-state index in [0.717, 1.165) is 38.2 Å². The topological polar surface area (TPSA) is 60.5 Å². The zero-order valence-electron chi connectivity index (χ0n) is 14.1. The quantitative estimate of drug-likeness (QED) is 0.885. The molecule has 1 aromatic carbocycles. The molecule has 130 valence electrons. The molecule has 2 N–H and O–H groups in total. The van der Waals surface area contributed by atoms with Gasteiger partial charge >= 0.3 is 0 Å². The number of nitrogens with one attached hydrogen (secondary N) is 2. The first kappa shape index (κ1) is 16.1. The summed E-state index contributed by atoms with van der Waals surface area (Å²) in [7, 11) is 0. The van der Waals surface area contributed by atoms with Crippen LogP contribution in [-0.2, 0) is 4.79 Å². The number of hydrazine groups is 1. The molecule has 2 aromatic rings. The number of para-hydroxylation sites is 1. The average Bonchev–Trinajstić information content (AvgIpc) is 3.19. The summed E-state index contributed by atoms with van der Waals surface area (Å²) in [5, 5.41) is 0. The molecule has 2 saturated heterocycles. The molecule has 4 rings (SSSR count). The number of amides is 1. The maximum absolute atomic E-state index is 12.8. The number of anilines is 1. The van der Waals surface area contributed by atoms with Crippen LogP contribution in [0.2, 0.25) is 0 Å². The summed E-state index contributed by atoms with van der Waals surface area (Å²) in [4.78, 5) is 21.3. The van der Waals surface area contributed by atoms with E-state index in [2.05, 4.69) is 45.0 Å². The molecular formula is C19H23N5O. The van der Waals surface area contributed by atoms with Crippen molar-refractivity contribution in [3.8, 4) is 0 Å². The van der Waals surface area contributed by atoms with Gasteiger partial charge in [0.15, 0.2) is 0 Å². The molecule has 0 radical (unpaired) electrons. The summed E-state index contributed by atoms with van der Waals surface area (Å²) >= 11 is 0. The SMILES string of the molecule is O=C(C1CC(c2cccnc2)NN1)N1CCN(c2ccccc2)CC1. The summed E-state index contributed by atoms with van der Waals surface area (Å²) in [5.74, 6) is 0.187. The second-order valence-electron chi connectivity index (χ2n) is 6.56. The highest BCUT2D eigenvalue weighted by molar-refractivity contribution is 5.82. The number of carbonyl (C=O) groups excluding carboxylic acids is 1. The van der Waals surface area contributed by atoms with Crippen LogP contribution in [0.3, 0.4) is 0 Å². The Morgan fingerprint density at radius 3 is 2.52 bits per heavy atom. The number of pyridine rings is 1. The first-order chi connectivity index (χ1) is 12.3. The van der Waals surface area contributed by atoms with Gasteiger partial charge in [-0.05, 0) is 30.2 Å². The van der Waals surface area contributed by atoms with Crippen molar-refractivity contribution < 1.29 is 4.79 Å². The van der Waals surface area contributed by atoms with Crippen LogP contribution in [0.1, 0.15) is 18.0 Å². The molecule has 1 amide bonds. The fourth-order valence-corrected chi connectivity index (χ4v) is 3.56. The fraction of sp³-hybridized carbons (Fsp3) is 0.368. The lowest BCUT2D eigenvalue weighted by molar-refractivity contribution is -0.133. The minimum Gasteiger partial charge on any atom is -0.368 e. The van der Waals surface area contributed by atoms with Crippen LogP contribution >= 0.6 is 0 Å². The Labute approximate surface area is 147 Å². The van der Waals surface area contributed by atoms with Crippen molar-refractivity contribution in [2.75, 3.05) is 31.1 Å². The van der Waals surface area contributed by atoms with Gasteiger partial charge in [-0.1, -0.05) is 24.3 Å². The summed E-state index contributed by atoms with van der Waals surface area (Å²) in [5.41, 5.74) is 8.73. The first-order valence-corrected chi connectivity index (χ1v) is 8.81. The molecule has 2 aliphatic heterocycles. The van der Waals surface area contributed by atoms with Gasteiger partial charge in [0.2, 0.25) is 5.91 Å². The van der Waals surface area contributed by atoms with Crippen molar-refractivity contribution in [2.45, 2.75) is 18.5 Å². The Bertz CT molecular complexity index is 700. The van der Waals surface area contributed by atoms with E-state index in [1.54, 1.807) is 6.20 Å². The molecule has 2 atom stereocenters. The molecular weight excluding hydrogens is 314 g/mol. The van der Waals surface area contributed by atoms with Gasteiger partial charge in [0.25, 0.3) is 0 Å². The molecule has 25 heavy (non-hydrogen) atoms. The van der Waals surface area contributed by atoms with Gasteiger partial charge in [-0.3, -0.25) is 9.78 Å². The van der Waals surface area contributed by atoms with Crippen LogP contribution in [0.15, 0.2) is 54.9 Å². The second-order valence-corrected chi connectivity index (χ2v) is 6.56. The number of rotatable bonds is 3. The van der Waals surface area contributed by atoms with Gasteiger partial charge in [-0.15, -0.1) is 0 Å². The summed E-state index contributed by atoms with van der Waals surface area (Å²) in [6.07, 6.45) is 4.37. The third kappa shape index (κ3) is 3.50. The Balaban J connectivity index is 1.32. The Morgan fingerprint density at radius 1 is 1.00 bits per heavy atom. The van der Waals surface area contributed by atoms with Gasteiger partial charge in [-0.2, -0.15) is 0 Å². The van der Waals surface area contributed by atoms with Crippen LogP contribution in [0, 0.1) is 0 Å². The molecule has 2 aliphatic rings. The maximum atomic E-state index is 12.8. The highest BCUT2D eigenvalue weighted by Crippen LogP contribution is 2.23. The molecule has 2 fully saturated rings. The zero-order valence-corrected chi connectivity index (χ0v) is 14.1. The van der Waals surface area contributed by atoms with Gasteiger partial charge in [-0.25, -0.2) is 10.9 Å². The number of carbonyl (C=O) groups is 1. The van der Waals surface area contributed by atoms with E-state index in [0.29, 0.717) is 0 Å². The van der Waals surface area contributed by atoms with E-state index in [1.807, 2.05) is 29.3 Å². The average molecular weight is 337 g/mol. The molecule has 3 heterocycles. The lowest BCUT2D eigenvalue weighted by Crippen LogP contribution is -2.53. The number of hydrogen-bond donors (Lipinski definition) is 2. The first-order valence-electron chi connectivity index (χ1n) is 8.81. The van der Waals surface area contributed by atoms with Gasteiger partial charge in [0.1, 0.15) is 6.04 Å². The Hall–Kier alpha value is -2.44. The van der Waals surface area contributed by atoms with Crippen LogP contribution in [0.25, 0.3) is 0 Å². The van der Waals surface area contributed by atoms with Crippen molar-refractivity contribution in [3.05, 3.63) is 60.4 Å². The monoisotopic (exact) mass is 337 g/mol. The fourth-order valence-electron chi connectivity index (χ4n) is 3.56. The minimum atomic E-state index is -0.173. The molecule has 0 saturated carbocycles. The van der Waals surface area contributed by atoms with Gasteiger partial charge in [0, 0.05) is 50.3 Å². The second kappa shape index (κ2) is 7.21. The molecule has 0 bridgehead atoms. The summed E-state index contributed by atoms with van der Waals surface area (Å²) in [6.45, 7) is 3.29. The number of aromatic nitrogens is 1. The lowest BCUT2D eigenvalue weighted by atomic mass is 10.0. The highest BCUT2D eigenvalue weighted by Gasteiger charge is 2.34. The van der Waals surface area contributed by atoms with Gasteiger partial charge in [0.05, 0.1) is 0 Å². The summed E-state index contributed by atoms with van der Waals surface area (Å²) < 4.78 is 0. The Morgan fingerprint density at radius 2 is 1.80 bits per heavy atom. The largest absolute Gasteiger partial charge is 0.368 e. The van der Waals surface area contributed by atoms with Gasteiger partial charge < -0.3 is 9.80 Å². The predicted molar refractivity (Wildman–Crippen MR) is 96.9 cm³/mol. The van der Waals surface area contributed by atoms with E-state index in [-0.39, 0.29) is 18.0 Å². The maximum Gasteiger partial charge on any atom is 0.241 e. The van der Waals surface area contributed by atoms with E-state index in [1.165, 1.54) is 5.69 Å². The Kier molecular flexibility index (Phi) is 4.63. The van der Waals surface area contributed by atoms with Crippen LogP contribution < -0.4 is 15.8 Å². The highest BCUT2D eigenvalue weighted by atomic mass is 16.2. The number of hydrogen-bond acceptors (Lipinski definition) is 5. The zero-order chi connectivity index (χ0) is 17.1. The third-order valence-corrected chi connectivity index (χ3v) is 5.00. The molecule has 6 heteroatoms. The van der Waals surface area contributed by atoms with Crippen LogP contribution in [-0.4, -0.2) is 48.0 Å². The van der Waals surface area contributed by atoms with Crippen LogP contribution in [0.4, 0.5) is 5.69 Å². The number of nitrogens with zero attached hydrogens (tertiary/aromatic N) is 3. The predicted octanol–water partition coefficient (Wildman–Crippen LogP) is 1.34. The molecule has 0 spiro atoms. The third-order valence-electron chi connectivity index (χ3n) is 5.00. The van der Waals surface area contributed by atoms with Crippen molar-refractivity contribution in [1.29, 1.82) is 0 Å². The molecule has 6 nitrogen and oxygen atoms in total. The minimum absolute atomic E-state index is 0.133. The summed E-state index contributed by atoms with van der Waals surface area (Å²) in [6, 6.07) is 14.3. The molecule has 1 aromatic heterocycles. The number of benzene rings is 1. The van der Waals surface area contributed by atoms with E-state index in [9.17, 15) is 4.79 Å². The van der Waals surface area contributed by atoms with E-state index in [4.69, 9.17) is 0 Å². The van der Waals surface area contributed by atoms with Crippen LogP contribution in [0.5, 0.6) is 0 Å². The van der Waals surface area contributed by atoms with E-state index < -0.39 is 0 Å². The smallest absolute Gasteiger partial charge is 0.241 e. The molecule has 2 unspecified atom stereocenters. The van der Waals surface area contributed by atoms with Crippen molar-refractivity contribution >= 4 is 11.6 Å².